The average molecular weight is 459 g/mol. The molecule has 1 unspecified atom stereocenters. The van der Waals surface area contributed by atoms with Crippen molar-refractivity contribution < 1.29 is 14.3 Å². The number of hydrogen-bond acceptors (Lipinski definition) is 4. The van der Waals surface area contributed by atoms with Gasteiger partial charge in [0.2, 0.25) is 0 Å². The van der Waals surface area contributed by atoms with E-state index in [1.165, 1.54) is 11.3 Å². The number of nitrogens with one attached hydrogen (secondary N) is 1. The molecule has 1 aromatic heterocycles. The van der Waals surface area contributed by atoms with Crippen molar-refractivity contribution in [2.45, 2.75) is 38.3 Å². The van der Waals surface area contributed by atoms with Gasteiger partial charge in [-0.2, -0.15) is 0 Å². The zero-order valence-corrected chi connectivity index (χ0v) is 19.7. The van der Waals surface area contributed by atoms with E-state index in [0.29, 0.717) is 19.6 Å². The molecule has 3 aromatic rings. The van der Waals surface area contributed by atoms with Gasteiger partial charge in [0.1, 0.15) is 17.3 Å². The zero-order chi connectivity index (χ0) is 23.4. The van der Waals surface area contributed by atoms with Crippen LogP contribution < -0.4 is 4.74 Å². The van der Waals surface area contributed by atoms with Gasteiger partial charge in [-0.15, -0.1) is 0 Å². The number of rotatable bonds is 6. The van der Waals surface area contributed by atoms with Gasteiger partial charge in [-0.05, 0) is 62.7 Å². The summed E-state index contributed by atoms with van der Waals surface area (Å²) in [5.74, 6) is 0.713. The normalized spacial score (nSPS) is 24.4. The molecule has 1 N–H and O–H groups in total. The molecule has 2 aromatic carbocycles. The fraction of sp³-hybridized carbons (Fsp3) is 0.407. The first-order valence-electron chi connectivity index (χ1n) is 12.2. The third-order valence-electron chi connectivity index (χ3n) is 7.65. The number of ether oxygens (including phenoxy) is 1. The molecule has 0 saturated carbocycles. The molecule has 3 aliphatic rings. The lowest BCUT2D eigenvalue weighted by Gasteiger charge is -2.42. The number of aromatic nitrogens is 1. The Labute approximate surface area is 199 Å². The molecule has 2 fully saturated rings. The van der Waals surface area contributed by atoms with Crippen molar-refractivity contribution >= 4 is 22.8 Å². The minimum absolute atomic E-state index is 0.0973. The Morgan fingerprint density at radius 3 is 2.59 bits per heavy atom. The number of likely N-dealkylation sites (tertiary alicyclic amines) is 1. The molecule has 4 heterocycles. The van der Waals surface area contributed by atoms with E-state index in [4.69, 9.17) is 4.74 Å². The van der Waals surface area contributed by atoms with Crippen molar-refractivity contribution in [3.63, 3.8) is 0 Å². The molecule has 2 saturated heterocycles. The number of hydrogen-bond donors (Lipinski definition) is 1. The maximum absolute atomic E-state index is 13.8. The molecule has 3 aliphatic heterocycles. The highest BCUT2D eigenvalue weighted by Gasteiger charge is 2.60. The maximum atomic E-state index is 13.8. The van der Waals surface area contributed by atoms with Crippen molar-refractivity contribution in [3.8, 4) is 5.75 Å². The molecule has 0 radical (unpaired) electrons. The smallest absolute Gasteiger partial charge is 0.328 e. The van der Waals surface area contributed by atoms with Gasteiger partial charge in [0, 0.05) is 36.1 Å². The number of imide groups is 1. The molecule has 7 nitrogen and oxygen atoms in total. The van der Waals surface area contributed by atoms with Crippen LogP contribution in [-0.2, 0) is 11.2 Å². The molecular formula is C27H30N4O3. The quantitative estimate of drug-likeness (QED) is 0.568. The number of amides is 3. The van der Waals surface area contributed by atoms with Gasteiger partial charge in [-0.1, -0.05) is 30.3 Å². The molecule has 34 heavy (non-hydrogen) atoms. The van der Waals surface area contributed by atoms with Gasteiger partial charge in [0.15, 0.2) is 0 Å². The van der Waals surface area contributed by atoms with Crippen molar-refractivity contribution in [2.75, 3.05) is 32.8 Å². The number of aromatic amines is 1. The number of benzene rings is 2. The first kappa shape index (κ1) is 21.2. The summed E-state index contributed by atoms with van der Waals surface area (Å²) in [4.78, 5) is 36.8. The molecule has 3 amide bonds. The van der Waals surface area contributed by atoms with E-state index in [1.54, 1.807) is 0 Å². The lowest BCUT2D eigenvalue weighted by molar-refractivity contribution is -0.133. The van der Waals surface area contributed by atoms with Crippen LogP contribution in [0.2, 0.25) is 0 Å². The van der Waals surface area contributed by atoms with Crippen molar-refractivity contribution in [3.05, 3.63) is 65.4 Å². The maximum Gasteiger partial charge on any atom is 0.328 e. The number of nitrogens with zero attached hydrogens (tertiary/aromatic N) is 3. The average Bonchev–Trinajstić information content (AvgIpc) is 3.25. The SMILES string of the molecule is CCOc1ccc2[nH]c3c(c2c1)C[C@@]1(C)C(=O)N(CCN2CCC2)C(=O)N1C3c1ccccc1. The topological polar surface area (TPSA) is 68.9 Å². The molecule has 0 bridgehead atoms. The molecule has 2 atom stereocenters. The fourth-order valence-electron chi connectivity index (χ4n) is 5.77. The van der Waals surface area contributed by atoms with Crippen molar-refractivity contribution in [1.82, 2.24) is 19.7 Å². The van der Waals surface area contributed by atoms with E-state index in [0.717, 1.165) is 53.1 Å². The Kier molecular flexibility index (Phi) is 4.92. The number of urea groups is 1. The number of fused-ring (bicyclic) bond motifs is 4. The first-order chi connectivity index (χ1) is 16.5. The van der Waals surface area contributed by atoms with Crippen molar-refractivity contribution in [2.24, 2.45) is 0 Å². The van der Waals surface area contributed by atoms with Crippen LogP contribution in [0.1, 0.15) is 43.1 Å². The van der Waals surface area contributed by atoms with Crippen LogP contribution in [0.4, 0.5) is 4.79 Å². The summed E-state index contributed by atoms with van der Waals surface area (Å²) in [7, 11) is 0. The summed E-state index contributed by atoms with van der Waals surface area (Å²) in [6, 6.07) is 15.5. The Hall–Kier alpha value is -3.32. The van der Waals surface area contributed by atoms with E-state index >= 15 is 0 Å². The van der Waals surface area contributed by atoms with Gasteiger partial charge in [0.05, 0.1) is 6.61 Å². The van der Waals surface area contributed by atoms with E-state index in [1.807, 2.05) is 61.2 Å². The molecule has 0 spiro atoms. The fourth-order valence-corrected chi connectivity index (χ4v) is 5.77. The van der Waals surface area contributed by atoms with Gasteiger partial charge in [-0.25, -0.2) is 4.79 Å². The monoisotopic (exact) mass is 458 g/mol. The minimum Gasteiger partial charge on any atom is -0.494 e. The first-order valence-corrected chi connectivity index (χ1v) is 12.2. The highest BCUT2D eigenvalue weighted by atomic mass is 16.5. The predicted octanol–water partition coefficient (Wildman–Crippen LogP) is 3.94. The highest BCUT2D eigenvalue weighted by Crippen LogP contribution is 2.48. The van der Waals surface area contributed by atoms with Gasteiger partial charge in [-0.3, -0.25) is 14.6 Å². The summed E-state index contributed by atoms with van der Waals surface area (Å²) in [5.41, 5.74) is 3.13. The molecule has 0 aliphatic carbocycles. The summed E-state index contributed by atoms with van der Waals surface area (Å²) in [5, 5.41) is 1.06. The second kappa shape index (κ2) is 7.87. The number of H-pyrrole nitrogens is 1. The zero-order valence-electron chi connectivity index (χ0n) is 19.7. The molecule has 176 valence electrons. The lowest BCUT2D eigenvalue weighted by atomic mass is 9.81. The van der Waals surface area contributed by atoms with E-state index in [2.05, 4.69) is 16.0 Å². The summed E-state index contributed by atoms with van der Waals surface area (Å²) in [6.45, 7) is 7.76. The van der Waals surface area contributed by atoms with Gasteiger partial charge < -0.3 is 14.6 Å². The van der Waals surface area contributed by atoms with Crippen molar-refractivity contribution in [1.29, 1.82) is 0 Å². The number of carbonyl (C=O) groups is 2. The van der Waals surface area contributed by atoms with Crippen LogP contribution in [0.5, 0.6) is 5.75 Å². The Morgan fingerprint density at radius 1 is 1.09 bits per heavy atom. The third kappa shape index (κ3) is 3.06. The highest BCUT2D eigenvalue weighted by molar-refractivity contribution is 6.08. The minimum atomic E-state index is -0.934. The van der Waals surface area contributed by atoms with Crippen LogP contribution in [0, 0.1) is 0 Å². The Bertz CT molecular complexity index is 1270. The Balaban J connectivity index is 1.48. The van der Waals surface area contributed by atoms with Gasteiger partial charge >= 0.3 is 6.03 Å². The molecule has 7 heteroatoms. The molecular weight excluding hydrogens is 428 g/mol. The van der Waals surface area contributed by atoms with Crippen LogP contribution in [0.15, 0.2) is 48.5 Å². The van der Waals surface area contributed by atoms with Crippen LogP contribution in [-0.4, -0.2) is 69.9 Å². The predicted molar refractivity (Wildman–Crippen MR) is 130 cm³/mol. The Morgan fingerprint density at radius 2 is 1.88 bits per heavy atom. The van der Waals surface area contributed by atoms with Gasteiger partial charge in [0.25, 0.3) is 5.91 Å². The van der Waals surface area contributed by atoms with E-state index in [-0.39, 0.29) is 18.0 Å². The van der Waals surface area contributed by atoms with Crippen LogP contribution in [0.3, 0.4) is 0 Å². The standard InChI is InChI=1S/C27H30N4O3/c1-3-34-19-10-11-22-20(16-19)21-17-27(2)25(32)30(15-14-29-12-7-13-29)26(33)31(27)24(23(21)28-22)18-8-5-4-6-9-18/h4-6,8-11,16,24,28H,3,7,12-15,17H2,1-2H3/t24?,27-/m0/s1. The third-order valence-corrected chi connectivity index (χ3v) is 7.65. The second-order valence-corrected chi connectivity index (χ2v) is 9.73. The summed E-state index contributed by atoms with van der Waals surface area (Å²) in [6.07, 6.45) is 1.67. The summed E-state index contributed by atoms with van der Waals surface area (Å²) < 4.78 is 5.77. The summed E-state index contributed by atoms with van der Waals surface area (Å²) >= 11 is 0. The lowest BCUT2D eigenvalue weighted by Crippen LogP contribution is -2.53. The largest absolute Gasteiger partial charge is 0.494 e. The van der Waals surface area contributed by atoms with Crippen LogP contribution >= 0.6 is 0 Å². The molecule has 6 rings (SSSR count). The van der Waals surface area contributed by atoms with E-state index in [9.17, 15) is 9.59 Å². The number of carbonyl (C=O) groups excluding carboxylic acids is 2. The second-order valence-electron chi connectivity index (χ2n) is 9.73. The van der Waals surface area contributed by atoms with Crippen LogP contribution in [0.25, 0.3) is 10.9 Å². The van der Waals surface area contributed by atoms with E-state index < -0.39 is 5.54 Å².